The first-order valence-electron chi connectivity index (χ1n) is 5.62. The molecule has 3 heteroatoms. The van der Waals surface area contributed by atoms with Gasteiger partial charge in [-0.25, -0.2) is 4.98 Å². The summed E-state index contributed by atoms with van der Waals surface area (Å²) in [7, 11) is 0. The number of aryl methyl sites for hydroxylation is 1. The average Bonchev–Trinajstić information content (AvgIpc) is 2.69. The van der Waals surface area contributed by atoms with E-state index in [0.717, 1.165) is 30.9 Å². The lowest BCUT2D eigenvalue weighted by molar-refractivity contribution is 0.134. The van der Waals surface area contributed by atoms with Crippen LogP contribution in [0, 0.1) is 5.92 Å². The molecule has 2 heterocycles. The van der Waals surface area contributed by atoms with E-state index >= 15 is 0 Å². The maximum atomic E-state index is 5.94. The summed E-state index contributed by atoms with van der Waals surface area (Å²) < 4.78 is 5.48. The highest BCUT2D eigenvalue weighted by atomic mass is 16.5. The van der Waals surface area contributed by atoms with E-state index in [1.807, 2.05) is 0 Å². The molecule has 3 nitrogen and oxygen atoms in total. The molecule has 0 saturated carbocycles. The number of nitrogens with zero attached hydrogens (tertiary/aromatic N) is 1. The number of fused-ring (bicyclic) bond motifs is 3. The van der Waals surface area contributed by atoms with Gasteiger partial charge in [-0.2, -0.15) is 0 Å². The monoisotopic (exact) mass is 204 g/mol. The molecule has 2 aliphatic rings. The standard InChI is InChI=1S/C12H16N2O/c1-7-2-3-11-8(4-7)9-5-15-6-10(9)12(13)14-11/h7H,2-6H2,1H3,(H2,13,14)/t7-/m0/s1. The molecule has 15 heavy (non-hydrogen) atoms. The van der Waals surface area contributed by atoms with Crippen molar-refractivity contribution in [3.63, 3.8) is 0 Å². The summed E-state index contributed by atoms with van der Waals surface area (Å²) in [6.45, 7) is 3.69. The van der Waals surface area contributed by atoms with Gasteiger partial charge in [-0.1, -0.05) is 6.92 Å². The number of hydrogen-bond donors (Lipinski definition) is 1. The Morgan fingerprint density at radius 2 is 2.07 bits per heavy atom. The molecule has 0 spiro atoms. The van der Waals surface area contributed by atoms with Crippen LogP contribution in [0.25, 0.3) is 0 Å². The maximum absolute atomic E-state index is 5.94. The quantitative estimate of drug-likeness (QED) is 0.701. The van der Waals surface area contributed by atoms with Crippen LogP contribution in [0.15, 0.2) is 0 Å². The van der Waals surface area contributed by atoms with Crippen molar-refractivity contribution in [2.24, 2.45) is 5.92 Å². The molecular formula is C12H16N2O. The minimum Gasteiger partial charge on any atom is -0.383 e. The molecule has 0 saturated heterocycles. The van der Waals surface area contributed by atoms with Crippen LogP contribution in [-0.2, 0) is 30.8 Å². The van der Waals surface area contributed by atoms with Crippen molar-refractivity contribution in [3.8, 4) is 0 Å². The van der Waals surface area contributed by atoms with Gasteiger partial charge in [0, 0.05) is 11.3 Å². The third kappa shape index (κ3) is 1.34. The highest BCUT2D eigenvalue weighted by Crippen LogP contribution is 2.34. The minimum atomic E-state index is 0.649. The molecule has 80 valence electrons. The molecule has 1 aromatic rings. The molecule has 0 radical (unpaired) electrons. The summed E-state index contributed by atoms with van der Waals surface area (Å²) in [4.78, 5) is 4.52. The minimum absolute atomic E-state index is 0.649. The normalized spacial score (nSPS) is 23.7. The van der Waals surface area contributed by atoms with Crippen molar-refractivity contribution < 1.29 is 4.74 Å². The van der Waals surface area contributed by atoms with Crippen molar-refractivity contribution in [1.82, 2.24) is 4.98 Å². The Kier molecular flexibility index (Phi) is 1.96. The van der Waals surface area contributed by atoms with Gasteiger partial charge in [0.25, 0.3) is 0 Å². The second-order valence-electron chi connectivity index (χ2n) is 4.72. The van der Waals surface area contributed by atoms with Crippen molar-refractivity contribution >= 4 is 5.82 Å². The molecule has 0 aromatic carbocycles. The fourth-order valence-electron chi connectivity index (χ4n) is 2.66. The van der Waals surface area contributed by atoms with E-state index in [1.165, 1.54) is 23.2 Å². The third-order valence-electron chi connectivity index (χ3n) is 3.56. The number of aromatic nitrogens is 1. The summed E-state index contributed by atoms with van der Waals surface area (Å²) in [5.41, 5.74) is 11.1. The van der Waals surface area contributed by atoms with Crippen LogP contribution in [0.5, 0.6) is 0 Å². The molecule has 0 unspecified atom stereocenters. The van der Waals surface area contributed by atoms with Crippen molar-refractivity contribution in [2.75, 3.05) is 5.73 Å². The van der Waals surface area contributed by atoms with Crippen LogP contribution in [0.4, 0.5) is 5.82 Å². The highest BCUT2D eigenvalue weighted by molar-refractivity contribution is 5.52. The van der Waals surface area contributed by atoms with E-state index in [2.05, 4.69) is 11.9 Å². The molecule has 1 atom stereocenters. The van der Waals surface area contributed by atoms with Crippen LogP contribution >= 0.6 is 0 Å². The molecule has 3 rings (SSSR count). The van der Waals surface area contributed by atoms with Gasteiger partial charge >= 0.3 is 0 Å². The van der Waals surface area contributed by atoms with Gasteiger partial charge in [0.2, 0.25) is 0 Å². The van der Waals surface area contributed by atoms with E-state index in [9.17, 15) is 0 Å². The molecule has 0 fully saturated rings. The summed E-state index contributed by atoms with van der Waals surface area (Å²) in [5.74, 6) is 1.46. The summed E-state index contributed by atoms with van der Waals surface area (Å²) in [5, 5.41) is 0. The Morgan fingerprint density at radius 1 is 1.27 bits per heavy atom. The molecule has 1 aliphatic heterocycles. The zero-order chi connectivity index (χ0) is 10.4. The Hall–Kier alpha value is -1.09. The van der Waals surface area contributed by atoms with Crippen molar-refractivity contribution in [3.05, 3.63) is 22.4 Å². The van der Waals surface area contributed by atoms with E-state index in [-0.39, 0.29) is 0 Å². The SMILES string of the molecule is C[C@H]1CCc2nc(N)c3c(c2C1)COC3. The number of rotatable bonds is 0. The fraction of sp³-hybridized carbons (Fsp3) is 0.583. The van der Waals surface area contributed by atoms with Crippen LogP contribution in [0.2, 0.25) is 0 Å². The number of nitrogen functional groups attached to an aromatic ring is 1. The second kappa shape index (κ2) is 3.20. The lowest BCUT2D eigenvalue weighted by Gasteiger charge is -2.23. The first-order chi connectivity index (χ1) is 7.25. The number of anilines is 1. The second-order valence-corrected chi connectivity index (χ2v) is 4.72. The smallest absolute Gasteiger partial charge is 0.129 e. The predicted octanol–water partition coefficient (Wildman–Crippen LogP) is 1.82. The van der Waals surface area contributed by atoms with Gasteiger partial charge in [0.15, 0.2) is 0 Å². The zero-order valence-electron chi connectivity index (χ0n) is 9.05. The van der Waals surface area contributed by atoms with Gasteiger partial charge in [0.05, 0.1) is 13.2 Å². The largest absolute Gasteiger partial charge is 0.383 e. The average molecular weight is 204 g/mol. The summed E-state index contributed by atoms with van der Waals surface area (Å²) in [6.07, 6.45) is 3.46. The Bertz CT molecular complexity index is 415. The molecule has 2 N–H and O–H groups in total. The summed E-state index contributed by atoms with van der Waals surface area (Å²) in [6, 6.07) is 0. The van der Waals surface area contributed by atoms with Crippen molar-refractivity contribution in [1.29, 1.82) is 0 Å². The van der Waals surface area contributed by atoms with Crippen molar-refractivity contribution in [2.45, 2.75) is 39.4 Å². The highest BCUT2D eigenvalue weighted by Gasteiger charge is 2.26. The number of ether oxygens (including phenoxy) is 1. The lowest BCUT2D eigenvalue weighted by Crippen LogP contribution is -2.17. The fourth-order valence-corrected chi connectivity index (χ4v) is 2.66. The van der Waals surface area contributed by atoms with E-state index in [0.29, 0.717) is 12.4 Å². The van der Waals surface area contributed by atoms with Crippen LogP contribution in [0.1, 0.15) is 35.7 Å². The zero-order valence-corrected chi connectivity index (χ0v) is 9.05. The third-order valence-corrected chi connectivity index (χ3v) is 3.56. The van der Waals surface area contributed by atoms with Crippen LogP contribution in [-0.4, -0.2) is 4.98 Å². The predicted molar refractivity (Wildman–Crippen MR) is 58.3 cm³/mol. The van der Waals surface area contributed by atoms with E-state index in [4.69, 9.17) is 10.5 Å². The van der Waals surface area contributed by atoms with Crippen LogP contribution < -0.4 is 5.73 Å². The number of pyridine rings is 1. The van der Waals surface area contributed by atoms with Gasteiger partial charge in [-0.3, -0.25) is 0 Å². The molecule has 1 aromatic heterocycles. The number of nitrogens with two attached hydrogens (primary N) is 1. The van der Waals surface area contributed by atoms with Gasteiger partial charge in [-0.15, -0.1) is 0 Å². The van der Waals surface area contributed by atoms with Gasteiger partial charge in [0.1, 0.15) is 5.82 Å². The van der Waals surface area contributed by atoms with E-state index < -0.39 is 0 Å². The Morgan fingerprint density at radius 3 is 2.93 bits per heavy atom. The molecule has 0 amide bonds. The molecule has 0 bridgehead atoms. The van der Waals surface area contributed by atoms with Crippen LogP contribution in [0.3, 0.4) is 0 Å². The molecular weight excluding hydrogens is 188 g/mol. The maximum Gasteiger partial charge on any atom is 0.129 e. The Balaban J connectivity index is 2.17. The first-order valence-corrected chi connectivity index (χ1v) is 5.62. The Labute approximate surface area is 89.6 Å². The number of hydrogen-bond acceptors (Lipinski definition) is 3. The molecule has 1 aliphatic carbocycles. The first kappa shape index (κ1) is 9.16. The van der Waals surface area contributed by atoms with Gasteiger partial charge < -0.3 is 10.5 Å². The summed E-state index contributed by atoms with van der Waals surface area (Å²) >= 11 is 0. The van der Waals surface area contributed by atoms with Gasteiger partial charge in [-0.05, 0) is 36.3 Å². The van der Waals surface area contributed by atoms with E-state index in [1.54, 1.807) is 0 Å². The lowest BCUT2D eigenvalue weighted by atomic mass is 9.84. The topological polar surface area (TPSA) is 48.1 Å².